The molecule has 2 nitrogen and oxygen atoms in total. The first kappa shape index (κ1) is 27.9. The minimum Gasteiger partial charge on any atom is -0.391 e. The average Bonchev–Trinajstić information content (AvgIpc) is 2.70. The SMILES string of the molecule is CCCCCCCC[N+](CCO)(CCCCCCCC)CCCCCCCC. The third kappa shape index (κ3) is 16.8. The fourth-order valence-corrected chi connectivity index (χ4v) is 4.57. The van der Waals surface area contributed by atoms with E-state index in [1.807, 2.05) is 0 Å². The third-order valence-corrected chi connectivity index (χ3v) is 6.53. The van der Waals surface area contributed by atoms with E-state index in [1.54, 1.807) is 0 Å². The number of aliphatic hydroxyl groups excluding tert-OH is 1. The maximum atomic E-state index is 9.80. The van der Waals surface area contributed by atoms with Crippen LogP contribution in [0.3, 0.4) is 0 Å². The maximum absolute atomic E-state index is 9.80. The Kier molecular flexibility index (Phi) is 21.6. The maximum Gasteiger partial charge on any atom is 0.102 e. The second-order valence-corrected chi connectivity index (χ2v) is 9.26. The summed E-state index contributed by atoms with van der Waals surface area (Å²) in [6, 6.07) is 0. The number of rotatable bonds is 23. The summed E-state index contributed by atoms with van der Waals surface area (Å²) in [7, 11) is 0. The Balaban J connectivity index is 4.39. The first-order chi connectivity index (χ1) is 13.7. The molecule has 0 aromatic rings. The van der Waals surface area contributed by atoms with Crippen LogP contribution in [0, 0.1) is 0 Å². The van der Waals surface area contributed by atoms with E-state index in [0.717, 1.165) is 6.54 Å². The molecule has 0 heterocycles. The highest BCUT2D eigenvalue weighted by Gasteiger charge is 2.25. The molecule has 0 bridgehead atoms. The molecule has 0 aliphatic rings. The van der Waals surface area contributed by atoms with Gasteiger partial charge in [-0.3, -0.25) is 0 Å². The van der Waals surface area contributed by atoms with Crippen LogP contribution in [0.15, 0.2) is 0 Å². The number of hydrogen-bond acceptors (Lipinski definition) is 1. The Morgan fingerprint density at radius 2 is 0.679 bits per heavy atom. The van der Waals surface area contributed by atoms with Gasteiger partial charge in [0, 0.05) is 0 Å². The first-order valence-corrected chi connectivity index (χ1v) is 13.2. The smallest absolute Gasteiger partial charge is 0.102 e. The Morgan fingerprint density at radius 1 is 0.393 bits per heavy atom. The molecule has 0 aliphatic heterocycles. The molecule has 0 radical (unpaired) electrons. The Hall–Kier alpha value is -0.0800. The van der Waals surface area contributed by atoms with Gasteiger partial charge < -0.3 is 9.59 Å². The van der Waals surface area contributed by atoms with Crippen molar-refractivity contribution in [3.63, 3.8) is 0 Å². The zero-order valence-corrected chi connectivity index (χ0v) is 20.2. The summed E-state index contributed by atoms with van der Waals surface area (Å²) >= 11 is 0. The van der Waals surface area contributed by atoms with Gasteiger partial charge in [0.2, 0.25) is 0 Å². The average molecular weight is 399 g/mol. The van der Waals surface area contributed by atoms with Crippen molar-refractivity contribution in [2.75, 3.05) is 32.8 Å². The quantitative estimate of drug-likeness (QED) is 0.137. The largest absolute Gasteiger partial charge is 0.391 e. The lowest BCUT2D eigenvalue weighted by atomic mass is 10.1. The Labute approximate surface area is 179 Å². The highest BCUT2D eigenvalue weighted by Crippen LogP contribution is 2.18. The Bertz CT molecular complexity index is 251. The molecular weight excluding hydrogens is 342 g/mol. The summed E-state index contributed by atoms with van der Waals surface area (Å²) < 4.78 is 1.20. The second kappa shape index (κ2) is 21.6. The summed E-state index contributed by atoms with van der Waals surface area (Å²) in [4.78, 5) is 0. The monoisotopic (exact) mass is 398 g/mol. The molecule has 0 atom stereocenters. The van der Waals surface area contributed by atoms with E-state index in [0.29, 0.717) is 6.61 Å². The molecule has 0 saturated carbocycles. The van der Waals surface area contributed by atoms with Gasteiger partial charge in [-0.25, -0.2) is 0 Å². The van der Waals surface area contributed by atoms with Crippen molar-refractivity contribution in [1.82, 2.24) is 0 Å². The van der Waals surface area contributed by atoms with Crippen LogP contribution in [0.25, 0.3) is 0 Å². The zero-order valence-electron chi connectivity index (χ0n) is 20.2. The summed E-state index contributed by atoms with van der Waals surface area (Å²) in [6.45, 7) is 12.1. The zero-order chi connectivity index (χ0) is 20.8. The molecule has 2 heteroatoms. The van der Waals surface area contributed by atoms with Crippen LogP contribution < -0.4 is 0 Å². The standard InChI is InChI=1S/C26H56NO/c1-4-7-10-13-16-19-22-27(25-26-28,23-20-17-14-11-8-5-2)24-21-18-15-12-9-6-3/h28H,4-26H2,1-3H3/q+1. The molecule has 0 spiro atoms. The van der Waals surface area contributed by atoms with Crippen molar-refractivity contribution in [3.8, 4) is 0 Å². The van der Waals surface area contributed by atoms with E-state index in [1.165, 1.54) is 140 Å². The van der Waals surface area contributed by atoms with Gasteiger partial charge in [0.05, 0.1) is 26.2 Å². The van der Waals surface area contributed by atoms with Gasteiger partial charge in [0.25, 0.3) is 0 Å². The topological polar surface area (TPSA) is 20.2 Å². The van der Waals surface area contributed by atoms with Gasteiger partial charge in [0.1, 0.15) is 6.54 Å². The second-order valence-electron chi connectivity index (χ2n) is 9.26. The molecule has 0 fully saturated rings. The van der Waals surface area contributed by atoms with Crippen molar-refractivity contribution < 1.29 is 9.59 Å². The highest BCUT2D eigenvalue weighted by atomic mass is 16.3. The molecule has 0 aromatic carbocycles. The van der Waals surface area contributed by atoms with Crippen molar-refractivity contribution in [2.24, 2.45) is 0 Å². The van der Waals surface area contributed by atoms with E-state index < -0.39 is 0 Å². The molecule has 0 saturated heterocycles. The van der Waals surface area contributed by atoms with Crippen LogP contribution >= 0.6 is 0 Å². The van der Waals surface area contributed by atoms with Crippen molar-refractivity contribution in [3.05, 3.63) is 0 Å². The van der Waals surface area contributed by atoms with Crippen LogP contribution in [-0.4, -0.2) is 42.4 Å². The lowest BCUT2D eigenvalue weighted by Crippen LogP contribution is -2.51. The molecule has 1 N–H and O–H groups in total. The van der Waals surface area contributed by atoms with Crippen molar-refractivity contribution in [2.45, 2.75) is 136 Å². The van der Waals surface area contributed by atoms with Crippen molar-refractivity contribution in [1.29, 1.82) is 0 Å². The summed E-state index contributed by atoms with van der Waals surface area (Å²) in [6.07, 6.45) is 24.9. The molecule has 0 amide bonds. The van der Waals surface area contributed by atoms with E-state index in [9.17, 15) is 5.11 Å². The lowest BCUT2D eigenvalue weighted by Gasteiger charge is -2.39. The first-order valence-electron chi connectivity index (χ1n) is 13.2. The van der Waals surface area contributed by atoms with Gasteiger partial charge in [0.15, 0.2) is 0 Å². The number of nitrogens with zero attached hydrogens (tertiary/aromatic N) is 1. The van der Waals surface area contributed by atoms with Gasteiger partial charge in [-0.05, 0) is 38.5 Å². The van der Waals surface area contributed by atoms with Crippen LogP contribution in [0.2, 0.25) is 0 Å². The molecule has 28 heavy (non-hydrogen) atoms. The fraction of sp³-hybridized carbons (Fsp3) is 1.00. The number of aliphatic hydroxyl groups is 1. The summed E-state index contributed by atoms with van der Waals surface area (Å²) in [5, 5.41) is 9.80. The number of hydrogen-bond donors (Lipinski definition) is 1. The molecule has 0 aliphatic carbocycles. The highest BCUT2D eigenvalue weighted by molar-refractivity contribution is 4.53. The molecule has 0 rings (SSSR count). The normalized spacial score (nSPS) is 12.0. The van der Waals surface area contributed by atoms with Gasteiger partial charge >= 0.3 is 0 Å². The molecule has 0 unspecified atom stereocenters. The minimum absolute atomic E-state index is 0.363. The Morgan fingerprint density at radius 3 is 0.964 bits per heavy atom. The predicted molar refractivity (Wildman–Crippen MR) is 127 cm³/mol. The van der Waals surface area contributed by atoms with Gasteiger partial charge in [-0.2, -0.15) is 0 Å². The lowest BCUT2D eigenvalue weighted by molar-refractivity contribution is -0.929. The van der Waals surface area contributed by atoms with Crippen LogP contribution in [0.1, 0.15) is 136 Å². The summed E-state index contributed by atoms with van der Waals surface area (Å²) in [5.74, 6) is 0. The molecule has 0 aromatic heterocycles. The van der Waals surface area contributed by atoms with E-state index in [4.69, 9.17) is 0 Å². The van der Waals surface area contributed by atoms with E-state index >= 15 is 0 Å². The fourth-order valence-electron chi connectivity index (χ4n) is 4.57. The minimum atomic E-state index is 0.363. The van der Waals surface area contributed by atoms with Crippen LogP contribution in [-0.2, 0) is 0 Å². The predicted octanol–water partition coefficient (Wildman–Crippen LogP) is 7.88. The van der Waals surface area contributed by atoms with Gasteiger partial charge in [-0.15, -0.1) is 0 Å². The molecular formula is C26H56NO+. The third-order valence-electron chi connectivity index (χ3n) is 6.53. The number of quaternary nitrogens is 1. The van der Waals surface area contributed by atoms with Gasteiger partial charge in [-0.1, -0.05) is 97.8 Å². The van der Waals surface area contributed by atoms with E-state index in [-0.39, 0.29) is 0 Å². The van der Waals surface area contributed by atoms with Crippen LogP contribution in [0.4, 0.5) is 0 Å². The van der Waals surface area contributed by atoms with Crippen molar-refractivity contribution >= 4 is 0 Å². The van der Waals surface area contributed by atoms with E-state index in [2.05, 4.69) is 20.8 Å². The van der Waals surface area contributed by atoms with Crippen LogP contribution in [0.5, 0.6) is 0 Å². The number of unbranched alkanes of at least 4 members (excludes halogenated alkanes) is 15. The summed E-state index contributed by atoms with van der Waals surface area (Å²) in [5.41, 5.74) is 0. The molecule has 170 valence electrons.